The van der Waals surface area contributed by atoms with Crippen molar-refractivity contribution in [1.29, 1.82) is 5.26 Å². The van der Waals surface area contributed by atoms with Gasteiger partial charge in [-0.05, 0) is 57.9 Å². The van der Waals surface area contributed by atoms with Gasteiger partial charge in [0.1, 0.15) is 17.4 Å². The Hall–Kier alpha value is -2.94. The molecule has 0 saturated carbocycles. The fraction of sp³-hybridized carbons (Fsp3) is 0.429. The number of nitrogens with one attached hydrogen (secondary N) is 1. The van der Waals surface area contributed by atoms with E-state index in [9.17, 15) is 4.79 Å². The number of rotatable bonds is 2. The number of nitrogens with zero attached hydrogens (tertiary/aromatic N) is 3. The maximum Gasteiger partial charge on any atom is 0.407 e. The second-order valence-electron chi connectivity index (χ2n) is 6.51. The van der Waals surface area contributed by atoms with E-state index in [1.165, 1.54) is 0 Å². The molecule has 0 atom stereocenters. The molecule has 27 heavy (non-hydrogen) atoms. The van der Waals surface area contributed by atoms with Gasteiger partial charge in [0.05, 0.1) is 12.2 Å². The van der Waals surface area contributed by atoms with Gasteiger partial charge in [0.25, 0.3) is 0 Å². The van der Waals surface area contributed by atoms with Gasteiger partial charge in [0.2, 0.25) is 0 Å². The highest BCUT2D eigenvalue weighted by molar-refractivity contribution is 5.67. The van der Waals surface area contributed by atoms with Crippen LogP contribution in [-0.2, 0) is 11.3 Å². The van der Waals surface area contributed by atoms with Gasteiger partial charge in [-0.2, -0.15) is 5.26 Å². The van der Waals surface area contributed by atoms with E-state index in [0.717, 1.165) is 16.8 Å². The standard InChI is InChI=1S/C12H18N2O2.C7H6N2.2CH4/c1-9-5-6-10(13-7-9)8-14-11(15)16-12(2,3)4;1-6-2-3-7(4-8)9-5-6;;/h5-7H,8H2,1-4H3,(H,14,15);2-3,5H,1H3;2*1H4. The van der Waals surface area contributed by atoms with Crippen molar-refractivity contribution in [2.45, 2.75) is 61.6 Å². The van der Waals surface area contributed by atoms with Crippen LogP contribution in [0.15, 0.2) is 36.7 Å². The lowest BCUT2D eigenvalue weighted by Crippen LogP contribution is -2.32. The molecule has 0 fully saturated rings. The number of carbonyl (C=O) groups is 1. The molecular formula is C21H32N4O2. The largest absolute Gasteiger partial charge is 0.444 e. The normalized spacial score (nSPS) is 9.33. The molecule has 6 heteroatoms. The van der Waals surface area contributed by atoms with Crippen molar-refractivity contribution in [3.05, 3.63) is 59.2 Å². The molecule has 0 aromatic carbocycles. The smallest absolute Gasteiger partial charge is 0.407 e. The van der Waals surface area contributed by atoms with Gasteiger partial charge in [-0.15, -0.1) is 0 Å². The molecule has 0 saturated heterocycles. The molecule has 0 bridgehead atoms. The zero-order valence-electron chi connectivity index (χ0n) is 15.3. The predicted octanol–water partition coefficient (Wildman–Crippen LogP) is 4.95. The highest BCUT2D eigenvalue weighted by atomic mass is 16.6. The molecule has 2 aromatic heterocycles. The van der Waals surface area contributed by atoms with Crippen LogP contribution >= 0.6 is 0 Å². The zero-order valence-corrected chi connectivity index (χ0v) is 15.3. The molecule has 1 N–H and O–H groups in total. The molecule has 0 aliphatic carbocycles. The summed E-state index contributed by atoms with van der Waals surface area (Å²) in [5.74, 6) is 0. The average Bonchev–Trinajstić information content (AvgIpc) is 2.54. The second kappa shape index (κ2) is 12.4. The van der Waals surface area contributed by atoms with Gasteiger partial charge in [-0.3, -0.25) is 4.98 Å². The zero-order chi connectivity index (χ0) is 18.9. The highest BCUT2D eigenvalue weighted by Gasteiger charge is 2.15. The van der Waals surface area contributed by atoms with Crippen LogP contribution in [0.4, 0.5) is 4.79 Å². The SMILES string of the molecule is C.C.Cc1ccc(C#N)nc1.Cc1ccc(CNC(=O)OC(C)(C)C)nc1. The van der Waals surface area contributed by atoms with Crippen LogP contribution in [0.2, 0.25) is 0 Å². The summed E-state index contributed by atoms with van der Waals surface area (Å²) in [5.41, 5.74) is 3.00. The van der Waals surface area contributed by atoms with Crippen molar-refractivity contribution in [1.82, 2.24) is 15.3 Å². The van der Waals surface area contributed by atoms with Gasteiger partial charge < -0.3 is 10.1 Å². The lowest BCUT2D eigenvalue weighted by atomic mass is 10.2. The van der Waals surface area contributed by atoms with E-state index >= 15 is 0 Å². The third-order valence-corrected chi connectivity index (χ3v) is 2.81. The molecule has 0 spiro atoms. The van der Waals surface area contributed by atoms with E-state index in [1.54, 1.807) is 18.5 Å². The molecule has 0 aliphatic rings. The Balaban J connectivity index is 0. The maximum atomic E-state index is 11.3. The Bertz CT molecular complexity index is 712. The Morgan fingerprint density at radius 3 is 2.04 bits per heavy atom. The molecular weight excluding hydrogens is 340 g/mol. The minimum atomic E-state index is -0.467. The third kappa shape index (κ3) is 12.1. The van der Waals surface area contributed by atoms with E-state index < -0.39 is 11.7 Å². The first kappa shape index (κ1) is 26.3. The number of hydrogen-bond donors (Lipinski definition) is 1. The van der Waals surface area contributed by atoms with E-state index in [0.29, 0.717) is 12.2 Å². The van der Waals surface area contributed by atoms with E-state index in [2.05, 4.69) is 15.3 Å². The monoisotopic (exact) mass is 372 g/mol. The van der Waals surface area contributed by atoms with Gasteiger partial charge in [0.15, 0.2) is 0 Å². The van der Waals surface area contributed by atoms with Crippen LogP contribution in [0.3, 0.4) is 0 Å². The Morgan fingerprint density at radius 2 is 1.63 bits per heavy atom. The number of amides is 1. The Kier molecular flexibility index (Phi) is 12.1. The van der Waals surface area contributed by atoms with Crippen molar-refractivity contribution in [3.63, 3.8) is 0 Å². The summed E-state index contributed by atoms with van der Waals surface area (Å²) < 4.78 is 5.11. The van der Waals surface area contributed by atoms with Gasteiger partial charge in [0, 0.05) is 12.4 Å². The minimum Gasteiger partial charge on any atom is -0.444 e. The van der Waals surface area contributed by atoms with E-state index in [-0.39, 0.29) is 14.9 Å². The maximum absolute atomic E-state index is 11.3. The number of nitriles is 1. The van der Waals surface area contributed by atoms with Gasteiger partial charge in [-0.1, -0.05) is 27.0 Å². The highest BCUT2D eigenvalue weighted by Crippen LogP contribution is 2.06. The van der Waals surface area contributed by atoms with E-state index in [4.69, 9.17) is 10.00 Å². The minimum absolute atomic E-state index is 0. The first-order valence-corrected chi connectivity index (χ1v) is 7.91. The van der Waals surface area contributed by atoms with Crippen LogP contribution < -0.4 is 5.32 Å². The number of aryl methyl sites for hydroxylation is 2. The summed E-state index contributed by atoms with van der Waals surface area (Å²) in [6.07, 6.45) is 3.03. The molecule has 6 nitrogen and oxygen atoms in total. The molecule has 2 rings (SSSR count). The lowest BCUT2D eigenvalue weighted by molar-refractivity contribution is 0.0523. The van der Waals surface area contributed by atoms with Crippen molar-refractivity contribution in [3.8, 4) is 6.07 Å². The molecule has 0 radical (unpaired) electrons. The topological polar surface area (TPSA) is 87.9 Å². The van der Waals surface area contributed by atoms with Gasteiger partial charge >= 0.3 is 6.09 Å². The molecule has 0 aliphatic heterocycles. The molecule has 0 unspecified atom stereocenters. The Labute approximate surface area is 163 Å². The number of carbonyl (C=O) groups excluding carboxylic acids is 1. The Morgan fingerprint density at radius 1 is 1.07 bits per heavy atom. The summed E-state index contributed by atoms with van der Waals surface area (Å²) in [7, 11) is 0. The lowest BCUT2D eigenvalue weighted by Gasteiger charge is -2.19. The summed E-state index contributed by atoms with van der Waals surface area (Å²) >= 11 is 0. The molecule has 1 amide bonds. The molecule has 148 valence electrons. The summed E-state index contributed by atoms with van der Waals surface area (Å²) in [6.45, 7) is 9.78. The van der Waals surface area contributed by atoms with Crippen molar-refractivity contribution >= 4 is 6.09 Å². The van der Waals surface area contributed by atoms with Crippen LogP contribution in [0.1, 0.15) is 58.1 Å². The quantitative estimate of drug-likeness (QED) is 0.806. The number of pyridine rings is 2. The first-order valence-electron chi connectivity index (χ1n) is 7.91. The number of aromatic nitrogens is 2. The number of ether oxygens (including phenoxy) is 1. The number of hydrogen-bond acceptors (Lipinski definition) is 5. The fourth-order valence-electron chi connectivity index (χ4n) is 1.61. The average molecular weight is 373 g/mol. The van der Waals surface area contributed by atoms with Crippen molar-refractivity contribution < 1.29 is 9.53 Å². The number of alkyl carbamates (subject to hydrolysis) is 1. The summed E-state index contributed by atoms with van der Waals surface area (Å²) in [5, 5.41) is 11.0. The van der Waals surface area contributed by atoms with Crippen LogP contribution in [0.5, 0.6) is 0 Å². The molecule has 2 heterocycles. The predicted molar refractivity (Wildman–Crippen MR) is 109 cm³/mol. The first-order chi connectivity index (χ1) is 11.7. The van der Waals surface area contributed by atoms with Crippen molar-refractivity contribution in [2.24, 2.45) is 0 Å². The van der Waals surface area contributed by atoms with Crippen LogP contribution in [-0.4, -0.2) is 21.7 Å². The molecule has 2 aromatic rings. The summed E-state index contributed by atoms with van der Waals surface area (Å²) in [6, 6.07) is 9.35. The van der Waals surface area contributed by atoms with Gasteiger partial charge in [-0.25, -0.2) is 9.78 Å². The summed E-state index contributed by atoms with van der Waals surface area (Å²) in [4.78, 5) is 19.3. The van der Waals surface area contributed by atoms with E-state index in [1.807, 2.05) is 58.9 Å². The van der Waals surface area contributed by atoms with Crippen molar-refractivity contribution in [2.75, 3.05) is 0 Å². The van der Waals surface area contributed by atoms with Crippen LogP contribution in [0.25, 0.3) is 0 Å². The fourth-order valence-corrected chi connectivity index (χ4v) is 1.61. The van der Waals surface area contributed by atoms with Crippen LogP contribution in [0, 0.1) is 25.2 Å². The second-order valence-corrected chi connectivity index (χ2v) is 6.51. The third-order valence-electron chi connectivity index (χ3n) is 2.81.